The van der Waals surface area contributed by atoms with Crippen molar-refractivity contribution in [3.05, 3.63) is 33.8 Å². The van der Waals surface area contributed by atoms with E-state index in [-0.39, 0.29) is 17.8 Å². The molecule has 21 heavy (non-hydrogen) atoms. The van der Waals surface area contributed by atoms with Gasteiger partial charge in [-0.2, -0.15) is 4.31 Å². The van der Waals surface area contributed by atoms with E-state index in [2.05, 4.69) is 0 Å². The first kappa shape index (κ1) is 17.0. The number of rotatable bonds is 4. The van der Waals surface area contributed by atoms with Gasteiger partial charge in [0.1, 0.15) is 0 Å². The maximum Gasteiger partial charge on any atom is 0.214 e. The van der Waals surface area contributed by atoms with Crippen molar-refractivity contribution in [2.24, 2.45) is 5.92 Å². The highest BCUT2D eigenvalue weighted by molar-refractivity contribution is 7.89. The average molecular weight is 352 g/mol. The van der Waals surface area contributed by atoms with E-state index in [1.807, 2.05) is 13.8 Å². The first-order valence-electron chi connectivity index (χ1n) is 6.83. The Morgan fingerprint density at radius 2 is 1.90 bits per heavy atom. The predicted octanol–water partition coefficient (Wildman–Crippen LogP) is 3.35. The molecule has 1 fully saturated rings. The molecular weight excluding hydrogens is 333 g/mol. The van der Waals surface area contributed by atoms with E-state index in [0.717, 1.165) is 5.56 Å². The third-order valence-corrected chi connectivity index (χ3v) is 5.87. The number of morpholine rings is 1. The lowest BCUT2D eigenvalue weighted by Crippen LogP contribution is -2.43. The molecule has 1 aliphatic rings. The molecule has 0 aliphatic carbocycles. The summed E-state index contributed by atoms with van der Waals surface area (Å²) in [5.41, 5.74) is 0.803. The molecule has 1 saturated heterocycles. The molecule has 4 nitrogen and oxygen atoms in total. The maximum atomic E-state index is 12.3. The molecule has 0 spiro atoms. The van der Waals surface area contributed by atoms with Crippen molar-refractivity contribution in [3.63, 3.8) is 0 Å². The summed E-state index contributed by atoms with van der Waals surface area (Å²) in [7, 11) is -3.26. The minimum atomic E-state index is -3.26. The van der Waals surface area contributed by atoms with Crippen molar-refractivity contribution in [3.8, 4) is 0 Å². The zero-order valence-corrected chi connectivity index (χ0v) is 14.4. The first-order valence-corrected chi connectivity index (χ1v) is 9.20. The predicted molar refractivity (Wildman–Crippen MR) is 85.4 cm³/mol. The summed E-state index contributed by atoms with van der Waals surface area (Å²) in [6.07, 6.45) is -0.336. The molecule has 1 atom stereocenters. The van der Waals surface area contributed by atoms with Crippen LogP contribution in [0.1, 0.15) is 25.5 Å². The monoisotopic (exact) mass is 351 g/mol. The molecule has 1 aromatic carbocycles. The molecule has 0 saturated carbocycles. The van der Waals surface area contributed by atoms with Crippen LogP contribution in [0, 0.1) is 5.92 Å². The first-order chi connectivity index (χ1) is 9.78. The van der Waals surface area contributed by atoms with Gasteiger partial charge in [-0.25, -0.2) is 8.42 Å². The van der Waals surface area contributed by atoms with Gasteiger partial charge in [-0.1, -0.05) is 37.0 Å². The molecule has 0 N–H and O–H groups in total. The topological polar surface area (TPSA) is 46.6 Å². The lowest BCUT2D eigenvalue weighted by Gasteiger charge is -2.33. The molecule has 1 aromatic rings. The molecule has 0 radical (unpaired) electrons. The summed E-state index contributed by atoms with van der Waals surface area (Å²) in [6.45, 7) is 4.84. The number of hydrogen-bond acceptors (Lipinski definition) is 3. The van der Waals surface area contributed by atoms with E-state index in [0.29, 0.717) is 29.7 Å². The van der Waals surface area contributed by atoms with Gasteiger partial charge in [0.2, 0.25) is 10.0 Å². The zero-order chi connectivity index (χ0) is 15.6. The van der Waals surface area contributed by atoms with Gasteiger partial charge in [0.25, 0.3) is 0 Å². The molecular formula is C14H19Cl2NO3S. The Hall–Kier alpha value is -0.330. The maximum absolute atomic E-state index is 12.3. The molecule has 0 amide bonds. The summed E-state index contributed by atoms with van der Waals surface area (Å²) >= 11 is 12.0. The normalized spacial score (nSPS) is 20.9. The highest BCUT2D eigenvalue weighted by Crippen LogP contribution is 2.29. The Kier molecular flexibility index (Phi) is 5.54. The van der Waals surface area contributed by atoms with Crippen LogP contribution in [-0.2, 0) is 14.8 Å². The summed E-state index contributed by atoms with van der Waals surface area (Å²) in [4.78, 5) is 0. The second kappa shape index (κ2) is 6.84. The standard InChI is InChI=1S/C14H19Cl2NO3S/c1-10(2)9-21(18,19)17-3-4-20-14(8-17)11-5-12(15)7-13(16)6-11/h5-7,10,14H,3-4,8-9H2,1-2H3. The van der Waals surface area contributed by atoms with Gasteiger partial charge < -0.3 is 4.74 Å². The van der Waals surface area contributed by atoms with Crippen LogP contribution < -0.4 is 0 Å². The highest BCUT2D eigenvalue weighted by atomic mass is 35.5. The quantitative estimate of drug-likeness (QED) is 0.835. The van der Waals surface area contributed by atoms with Crippen molar-refractivity contribution in [2.75, 3.05) is 25.4 Å². The number of halogens is 2. The van der Waals surface area contributed by atoms with E-state index in [1.54, 1.807) is 18.2 Å². The average Bonchev–Trinajstić information content (AvgIpc) is 2.36. The van der Waals surface area contributed by atoms with Crippen LogP contribution in [0.4, 0.5) is 0 Å². The van der Waals surface area contributed by atoms with Crippen molar-refractivity contribution in [1.82, 2.24) is 4.31 Å². The number of sulfonamides is 1. The third-order valence-electron chi connectivity index (χ3n) is 3.22. The molecule has 0 aromatic heterocycles. The van der Waals surface area contributed by atoms with Crippen LogP contribution in [0.3, 0.4) is 0 Å². The van der Waals surface area contributed by atoms with Gasteiger partial charge >= 0.3 is 0 Å². The highest BCUT2D eigenvalue weighted by Gasteiger charge is 2.30. The number of ether oxygens (including phenoxy) is 1. The van der Waals surface area contributed by atoms with Gasteiger partial charge in [-0.15, -0.1) is 0 Å². The van der Waals surface area contributed by atoms with Crippen LogP contribution in [-0.4, -0.2) is 38.2 Å². The van der Waals surface area contributed by atoms with Gasteiger partial charge in [0.15, 0.2) is 0 Å². The second-order valence-corrected chi connectivity index (χ2v) is 8.48. The fourth-order valence-electron chi connectivity index (χ4n) is 2.37. The molecule has 2 rings (SSSR count). The van der Waals surface area contributed by atoms with Crippen LogP contribution >= 0.6 is 23.2 Å². The summed E-state index contributed by atoms with van der Waals surface area (Å²) in [5, 5.41) is 1.03. The Morgan fingerprint density at radius 3 is 2.48 bits per heavy atom. The lowest BCUT2D eigenvalue weighted by molar-refractivity contribution is -0.00260. The lowest BCUT2D eigenvalue weighted by atomic mass is 10.1. The Balaban J connectivity index is 2.17. The minimum absolute atomic E-state index is 0.0944. The molecule has 1 unspecified atom stereocenters. The summed E-state index contributed by atoms with van der Waals surface area (Å²) < 4.78 is 31.8. The third kappa shape index (κ3) is 4.57. The number of benzene rings is 1. The van der Waals surface area contributed by atoms with Crippen LogP contribution in [0.5, 0.6) is 0 Å². The zero-order valence-electron chi connectivity index (χ0n) is 12.1. The molecule has 1 aliphatic heterocycles. The van der Waals surface area contributed by atoms with Gasteiger partial charge in [-0.05, 0) is 29.7 Å². The van der Waals surface area contributed by atoms with Gasteiger partial charge in [0.05, 0.1) is 18.5 Å². The molecule has 1 heterocycles. The summed E-state index contributed by atoms with van der Waals surface area (Å²) in [6, 6.07) is 5.16. The van der Waals surface area contributed by atoms with E-state index >= 15 is 0 Å². The molecule has 0 bridgehead atoms. The Labute approximate surface area is 136 Å². The fourth-order valence-corrected chi connectivity index (χ4v) is 4.68. The van der Waals surface area contributed by atoms with Crippen molar-refractivity contribution < 1.29 is 13.2 Å². The van der Waals surface area contributed by atoms with Crippen LogP contribution in [0.2, 0.25) is 10.0 Å². The van der Waals surface area contributed by atoms with Gasteiger partial charge in [0, 0.05) is 23.1 Å². The fraction of sp³-hybridized carbons (Fsp3) is 0.571. The smallest absolute Gasteiger partial charge is 0.214 e. The Morgan fingerprint density at radius 1 is 1.29 bits per heavy atom. The second-order valence-electron chi connectivity index (χ2n) is 5.59. The van der Waals surface area contributed by atoms with Crippen molar-refractivity contribution in [1.29, 1.82) is 0 Å². The minimum Gasteiger partial charge on any atom is -0.371 e. The molecule has 118 valence electrons. The van der Waals surface area contributed by atoms with Crippen molar-refractivity contribution in [2.45, 2.75) is 20.0 Å². The largest absolute Gasteiger partial charge is 0.371 e. The van der Waals surface area contributed by atoms with E-state index < -0.39 is 10.0 Å². The molecule has 7 heteroatoms. The van der Waals surface area contributed by atoms with Crippen LogP contribution in [0.25, 0.3) is 0 Å². The van der Waals surface area contributed by atoms with Crippen LogP contribution in [0.15, 0.2) is 18.2 Å². The SMILES string of the molecule is CC(C)CS(=O)(=O)N1CCOC(c2cc(Cl)cc(Cl)c2)C1. The van der Waals surface area contributed by atoms with E-state index in [9.17, 15) is 8.42 Å². The van der Waals surface area contributed by atoms with Gasteiger partial charge in [-0.3, -0.25) is 0 Å². The number of hydrogen-bond donors (Lipinski definition) is 0. The summed E-state index contributed by atoms with van der Waals surface area (Å²) in [5.74, 6) is 0.243. The van der Waals surface area contributed by atoms with E-state index in [1.165, 1.54) is 4.31 Å². The Bertz CT molecular complexity index is 584. The van der Waals surface area contributed by atoms with E-state index in [4.69, 9.17) is 27.9 Å². The number of nitrogens with zero attached hydrogens (tertiary/aromatic N) is 1. The van der Waals surface area contributed by atoms with Crippen molar-refractivity contribution >= 4 is 33.2 Å².